The Morgan fingerprint density at radius 1 is 0.674 bits per heavy atom. The van der Waals surface area contributed by atoms with E-state index in [0.717, 1.165) is 13.8 Å². The molecule has 3 aromatic carbocycles. The largest absolute Gasteiger partial charge is 0.514 e. The van der Waals surface area contributed by atoms with Crippen molar-refractivity contribution in [3.63, 3.8) is 0 Å². The van der Waals surface area contributed by atoms with Crippen molar-refractivity contribution in [2.24, 2.45) is 16.7 Å². The highest BCUT2D eigenvalue weighted by Crippen LogP contribution is 2.66. The van der Waals surface area contributed by atoms with Gasteiger partial charge in [0.05, 0.1) is 18.1 Å². The van der Waals surface area contributed by atoms with Gasteiger partial charge in [0.2, 0.25) is 6.10 Å². The number of aliphatic hydroxyl groups excluding tert-OH is 1. The zero-order valence-electron chi connectivity index (χ0n) is 52.5. The van der Waals surface area contributed by atoms with Crippen LogP contribution < -0.4 is 14.5 Å². The Morgan fingerprint density at radius 2 is 1.21 bits per heavy atom. The Morgan fingerprint density at radius 3 is 1.73 bits per heavy atom. The Kier molecular flexibility index (Phi) is 19.7. The van der Waals surface area contributed by atoms with Crippen LogP contribution in [0.1, 0.15) is 107 Å². The fraction of sp³-hybridized carbons (Fsp3) is 0.418. The fourth-order valence-corrected chi connectivity index (χ4v) is 13.2. The van der Waals surface area contributed by atoms with Gasteiger partial charge in [-0.05, 0) is 60.0 Å². The summed E-state index contributed by atoms with van der Waals surface area (Å²) in [5.74, 6) is -7.30. The van der Waals surface area contributed by atoms with Crippen LogP contribution in [0.5, 0.6) is 0 Å². The number of rotatable bonds is 18. The van der Waals surface area contributed by atoms with Crippen LogP contribution in [0.2, 0.25) is 0 Å². The minimum absolute atomic E-state index is 0.0183. The number of esters is 4. The Labute approximate surface area is 530 Å². The molecule has 2 bridgehead atoms. The van der Waals surface area contributed by atoms with Gasteiger partial charge < -0.3 is 68.0 Å². The van der Waals surface area contributed by atoms with Crippen molar-refractivity contribution < 1.29 is 105 Å². The number of pyridine rings is 2. The first-order valence-corrected chi connectivity index (χ1v) is 29.7. The van der Waals surface area contributed by atoms with E-state index in [1.165, 1.54) is 95.7 Å². The van der Waals surface area contributed by atoms with Crippen LogP contribution in [0.25, 0.3) is 0 Å². The van der Waals surface area contributed by atoms with Crippen molar-refractivity contribution >= 4 is 53.9 Å². The van der Waals surface area contributed by atoms with E-state index in [-0.39, 0.29) is 57.2 Å². The Bertz CT molecular complexity index is 3660. The van der Waals surface area contributed by atoms with E-state index in [2.05, 4.69) is 5.32 Å². The first kappa shape index (κ1) is 66.8. The molecule has 3 aliphatic carbocycles. The van der Waals surface area contributed by atoms with Gasteiger partial charge in [0, 0.05) is 83.4 Å². The average molecular weight is 1270 g/mol. The lowest BCUT2D eigenvalue weighted by atomic mass is 9.44. The van der Waals surface area contributed by atoms with Crippen molar-refractivity contribution in [1.29, 1.82) is 0 Å². The normalized spacial score (nSPS) is 25.7. The predicted octanol–water partition coefficient (Wildman–Crippen LogP) is 5.14. The van der Waals surface area contributed by atoms with Gasteiger partial charge >= 0.3 is 36.2 Å². The molecule has 3 amide bonds. The molecular weight excluding hydrogens is 1190 g/mol. The van der Waals surface area contributed by atoms with Gasteiger partial charge in [0.1, 0.15) is 53.3 Å². The molecule has 2 unspecified atom stereocenters. The molecule has 5 aromatic rings. The zero-order valence-corrected chi connectivity index (χ0v) is 52.5. The molecule has 3 fully saturated rings. The maximum atomic E-state index is 15.7. The lowest BCUT2D eigenvalue weighted by molar-refractivity contribution is -0.728. The van der Waals surface area contributed by atoms with Crippen LogP contribution in [0.15, 0.2) is 151 Å². The molecule has 25 nitrogen and oxygen atoms in total. The van der Waals surface area contributed by atoms with Gasteiger partial charge in [-0.3, -0.25) is 24.0 Å². The number of aliphatic hydroxyl groups is 2. The van der Waals surface area contributed by atoms with E-state index in [9.17, 15) is 48.6 Å². The van der Waals surface area contributed by atoms with E-state index in [1.807, 2.05) is 0 Å². The third kappa shape index (κ3) is 13.3. The van der Waals surface area contributed by atoms with E-state index in [1.54, 1.807) is 119 Å². The second-order valence-corrected chi connectivity index (χ2v) is 24.4. The average Bonchev–Trinajstić information content (AvgIpc) is 0.669. The van der Waals surface area contributed by atoms with Crippen molar-refractivity contribution in [2.45, 2.75) is 128 Å². The molecule has 0 spiro atoms. The van der Waals surface area contributed by atoms with Crippen LogP contribution in [0, 0.1) is 16.7 Å². The monoisotopic (exact) mass is 1270 g/mol. The summed E-state index contributed by atoms with van der Waals surface area (Å²) in [6, 6.07) is 28.3. The minimum Gasteiger partial charge on any atom is -0.455 e. The molecular formula is C67H75N5O20+2. The molecule has 3 heterocycles. The summed E-state index contributed by atoms with van der Waals surface area (Å²) < 4.78 is 58.1. The highest BCUT2D eigenvalue weighted by Gasteiger charge is 2.79. The van der Waals surface area contributed by atoms with Crippen molar-refractivity contribution in [2.75, 3.05) is 34.8 Å². The fourth-order valence-electron chi connectivity index (χ4n) is 13.2. The van der Waals surface area contributed by atoms with E-state index < -0.39 is 145 Å². The SMILES string of the molecule is CC(=O)O[C@@H]1C2=C(C)[C@@H](OC(=O)[C@H](OC(=O)OC[n+]3cccc(C(=O)N(C)C)c3)[C@@H](NC(=O)c3ccccc3)c3ccccc3)C[C@@](O)([C@@H](OC(=O)c3ccccc3)C3[C@](C)(C1O)[C@@H](OC(=O)OC[n+]1cccc(C(=O)N(C)C)c1)C[C@H]1OC[C@@]31OC(C)=O)C2(C)C. The number of carbonyl (C=O) groups is 9. The quantitative estimate of drug-likeness (QED) is 0.0442. The van der Waals surface area contributed by atoms with Crippen molar-refractivity contribution in [3.05, 3.63) is 179 Å². The lowest BCUT2D eigenvalue weighted by Crippen LogP contribution is -2.82. The minimum atomic E-state index is -2.61. The van der Waals surface area contributed by atoms with Gasteiger partial charge in [-0.15, -0.1) is 0 Å². The molecule has 486 valence electrons. The first-order valence-electron chi connectivity index (χ1n) is 29.7. The van der Waals surface area contributed by atoms with Gasteiger partial charge in [-0.2, -0.15) is 9.13 Å². The molecule has 3 N–H and O–H groups in total. The van der Waals surface area contributed by atoms with Gasteiger partial charge in [0.15, 0.2) is 36.5 Å². The molecule has 1 aliphatic heterocycles. The maximum absolute atomic E-state index is 15.7. The molecule has 92 heavy (non-hydrogen) atoms. The number of ether oxygens (including phenoxy) is 9. The number of fused-ring (bicyclic) bond motifs is 5. The number of nitrogens with zero attached hydrogens (tertiary/aromatic N) is 4. The summed E-state index contributed by atoms with van der Waals surface area (Å²) in [5.41, 5.74) is -7.64. The third-order valence-electron chi connectivity index (χ3n) is 17.8. The summed E-state index contributed by atoms with van der Waals surface area (Å²) in [7, 11) is 6.28. The molecule has 2 aromatic heterocycles. The van der Waals surface area contributed by atoms with Gasteiger partial charge in [0.25, 0.3) is 31.2 Å². The zero-order chi connectivity index (χ0) is 66.6. The van der Waals surface area contributed by atoms with E-state index in [0.29, 0.717) is 0 Å². The molecule has 1 saturated heterocycles. The van der Waals surface area contributed by atoms with Crippen LogP contribution in [-0.2, 0) is 70.5 Å². The summed E-state index contributed by atoms with van der Waals surface area (Å²) in [6.45, 7) is 6.75. The number of hydrogen-bond acceptors (Lipinski definition) is 20. The highest BCUT2D eigenvalue weighted by molar-refractivity contribution is 5.95. The Hall–Kier alpha value is -9.59. The predicted molar refractivity (Wildman–Crippen MR) is 319 cm³/mol. The molecule has 4 aliphatic rings. The molecule has 0 radical (unpaired) electrons. The molecule has 25 heteroatoms. The van der Waals surface area contributed by atoms with Gasteiger partial charge in [-0.1, -0.05) is 87.5 Å². The first-order chi connectivity index (χ1) is 43.6. The number of aromatic nitrogens is 2. The number of nitrogens with one attached hydrogen (secondary N) is 1. The maximum Gasteiger partial charge on any atom is 0.514 e. The summed E-state index contributed by atoms with van der Waals surface area (Å²) >= 11 is 0. The number of hydrogen-bond donors (Lipinski definition) is 3. The second-order valence-electron chi connectivity index (χ2n) is 24.4. The number of carbonyl (C=O) groups excluding carboxylic acids is 9. The third-order valence-corrected chi connectivity index (χ3v) is 17.8. The molecule has 9 rings (SSSR count). The topological polar surface area (TPSA) is 303 Å². The summed E-state index contributed by atoms with van der Waals surface area (Å²) in [6.07, 6.45) is -10.5. The second kappa shape index (κ2) is 27.1. The van der Waals surface area contributed by atoms with Crippen LogP contribution >= 0.6 is 0 Å². The van der Waals surface area contributed by atoms with Crippen LogP contribution in [0.3, 0.4) is 0 Å². The van der Waals surface area contributed by atoms with Crippen LogP contribution in [-0.4, -0.2) is 163 Å². The highest BCUT2D eigenvalue weighted by atomic mass is 16.7. The number of amides is 3. The summed E-state index contributed by atoms with van der Waals surface area (Å²) in [4.78, 5) is 129. The van der Waals surface area contributed by atoms with Crippen LogP contribution in [0.4, 0.5) is 9.59 Å². The standard InChI is InChI=1S/C67H74N5O20/c1-39-47(88-61(80)53(90-63(82)86-38-72-31-21-29-46(35-72)59(78)70(9)10)51(42-22-14-11-15-23-42)68-57(76)43-24-16-12-17-25-43)33-67(83)56(91-60(79)44-26-18-13-19-27-44)54-65(6,55(75)52(87-40(2)73)50(39)64(67,4)5)48(32-49-66(54,36-84-49)92-41(3)74)89-62(81)85-37-71-30-20-28-45(34-71)58(77)69(7)8/h11-31,34-35,47-49,51-56,75,83H,32-33,36-38H2,1-10H3/q+1/p+1/t47-,48-,49+,51-,52+,53+,54?,55?,56-,65+,66-,67+/m0/s1. The molecule has 12 atom stereocenters. The van der Waals surface area contributed by atoms with E-state index in [4.69, 9.17) is 42.6 Å². The Balaban J connectivity index is 1.18. The van der Waals surface area contributed by atoms with E-state index >= 15 is 4.79 Å². The molecule has 2 saturated carbocycles. The lowest BCUT2D eigenvalue weighted by Gasteiger charge is -2.69. The van der Waals surface area contributed by atoms with Gasteiger partial charge in [-0.25, -0.2) is 19.2 Å². The summed E-state index contributed by atoms with van der Waals surface area (Å²) in [5, 5.41) is 31.0. The number of benzene rings is 3. The smallest absolute Gasteiger partial charge is 0.455 e. The van der Waals surface area contributed by atoms with Crippen molar-refractivity contribution in [3.8, 4) is 0 Å². The van der Waals surface area contributed by atoms with Crippen molar-refractivity contribution in [1.82, 2.24) is 15.1 Å².